The van der Waals surface area contributed by atoms with Gasteiger partial charge in [-0.15, -0.1) is 0 Å². The van der Waals surface area contributed by atoms with Crippen LogP contribution >= 0.6 is 0 Å². The lowest BCUT2D eigenvalue weighted by Gasteiger charge is -2.15. The minimum Gasteiger partial charge on any atom is -0.381 e. The number of ether oxygens (including phenoxy) is 1. The largest absolute Gasteiger partial charge is 0.381 e. The molecule has 8 nitrogen and oxygen atoms in total. The van der Waals surface area contributed by atoms with E-state index >= 15 is 0 Å². The number of carbonyl (C=O) groups excluding carboxylic acids is 1. The number of aromatic nitrogens is 4. The van der Waals surface area contributed by atoms with Gasteiger partial charge >= 0.3 is 0 Å². The number of anilines is 1. The Morgan fingerprint density at radius 2 is 1.90 bits per heavy atom. The summed E-state index contributed by atoms with van der Waals surface area (Å²) in [6, 6.07) is 15.5. The highest BCUT2D eigenvalue weighted by molar-refractivity contribution is 6.05. The zero-order chi connectivity index (χ0) is 21.2. The maximum absolute atomic E-state index is 11.8. The van der Waals surface area contributed by atoms with Crippen molar-refractivity contribution in [2.45, 2.75) is 19.4 Å². The van der Waals surface area contributed by atoms with E-state index in [1.165, 1.54) is 0 Å². The number of nitrogens with two attached hydrogens (primary N) is 1. The third-order valence-corrected chi connectivity index (χ3v) is 5.43. The fourth-order valence-corrected chi connectivity index (χ4v) is 3.88. The number of hydrogen-bond acceptors (Lipinski definition) is 6. The van der Waals surface area contributed by atoms with Gasteiger partial charge in [0, 0.05) is 30.3 Å². The molecule has 1 aliphatic heterocycles. The summed E-state index contributed by atoms with van der Waals surface area (Å²) < 4.78 is 7.32. The Morgan fingerprint density at radius 1 is 1.06 bits per heavy atom. The minimum absolute atomic E-state index is 0.425. The number of amides is 1. The molecule has 1 aliphatic rings. The Morgan fingerprint density at radius 3 is 2.74 bits per heavy atom. The monoisotopic (exact) mass is 414 g/mol. The Labute approximate surface area is 179 Å². The number of nitrogens with zero attached hydrogens (tertiary/aromatic N) is 4. The predicted molar refractivity (Wildman–Crippen MR) is 117 cm³/mol. The van der Waals surface area contributed by atoms with Crippen LogP contribution in [0.25, 0.3) is 16.9 Å². The SMILES string of the molecule is NC(=O)c1cccc2c1cnn2-c1nc2c(c(NCc3ccccc3)n1)CCOCC2. The van der Waals surface area contributed by atoms with Crippen LogP contribution in [0.3, 0.4) is 0 Å². The Hall–Kier alpha value is -3.78. The number of primary amides is 1. The number of rotatable bonds is 5. The van der Waals surface area contributed by atoms with Crippen molar-refractivity contribution in [3.8, 4) is 5.95 Å². The highest BCUT2D eigenvalue weighted by Gasteiger charge is 2.20. The second-order valence-corrected chi connectivity index (χ2v) is 7.41. The number of benzene rings is 2. The van der Waals surface area contributed by atoms with Crippen LogP contribution in [0.1, 0.15) is 27.2 Å². The second-order valence-electron chi connectivity index (χ2n) is 7.41. The molecule has 0 unspecified atom stereocenters. The number of hydrogen-bond donors (Lipinski definition) is 2. The fourth-order valence-electron chi connectivity index (χ4n) is 3.88. The van der Waals surface area contributed by atoms with Gasteiger partial charge in [-0.25, -0.2) is 4.98 Å². The number of fused-ring (bicyclic) bond motifs is 2. The van der Waals surface area contributed by atoms with Crippen molar-refractivity contribution < 1.29 is 9.53 Å². The molecule has 8 heteroatoms. The summed E-state index contributed by atoms with van der Waals surface area (Å²) in [7, 11) is 0. The quantitative estimate of drug-likeness (QED) is 0.520. The lowest BCUT2D eigenvalue weighted by molar-refractivity contribution is 0.100. The van der Waals surface area contributed by atoms with Gasteiger partial charge in [0.25, 0.3) is 5.95 Å². The van der Waals surface area contributed by atoms with Gasteiger partial charge in [0.05, 0.1) is 36.2 Å². The average Bonchev–Trinajstić information content (AvgIpc) is 3.08. The van der Waals surface area contributed by atoms with Gasteiger partial charge in [0.1, 0.15) is 5.82 Å². The van der Waals surface area contributed by atoms with E-state index in [9.17, 15) is 4.79 Å². The van der Waals surface area contributed by atoms with Crippen LogP contribution in [-0.4, -0.2) is 38.9 Å². The lowest BCUT2D eigenvalue weighted by atomic mass is 10.1. The third-order valence-electron chi connectivity index (χ3n) is 5.43. The van der Waals surface area contributed by atoms with E-state index in [0.29, 0.717) is 43.1 Å². The summed E-state index contributed by atoms with van der Waals surface area (Å²) in [5.41, 5.74) is 9.87. The molecular formula is C23H22N6O2. The van der Waals surface area contributed by atoms with Gasteiger partial charge in [-0.2, -0.15) is 14.8 Å². The summed E-state index contributed by atoms with van der Waals surface area (Å²) in [5, 5.41) is 8.62. The molecule has 0 radical (unpaired) electrons. The first-order chi connectivity index (χ1) is 15.2. The van der Waals surface area contributed by atoms with Crippen molar-refractivity contribution in [3.63, 3.8) is 0 Å². The van der Waals surface area contributed by atoms with Gasteiger partial charge in [-0.05, 0) is 17.7 Å². The Kier molecular flexibility index (Phi) is 5.05. The molecule has 0 fully saturated rings. The topological polar surface area (TPSA) is 108 Å². The van der Waals surface area contributed by atoms with Crippen LogP contribution in [0.4, 0.5) is 5.82 Å². The lowest BCUT2D eigenvalue weighted by Crippen LogP contribution is -2.14. The van der Waals surface area contributed by atoms with Gasteiger partial charge in [-0.1, -0.05) is 36.4 Å². The van der Waals surface area contributed by atoms with Crippen molar-refractivity contribution in [2.24, 2.45) is 5.73 Å². The van der Waals surface area contributed by atoms with Crippen molar-refractivity contribution in [1.82, 2.24) is 19.7 Å². The van der Waals surface area contributed by atoms with E-state index in [2.05, 4.69) is 22.5 Å². The van der Waals surface area contributed by atoms with Crippen molar-refractivity contribution in [1.29, 1.82) is 0 Å². The predicted octanol–water partition coefficient (Wildman–Crippen LogP) is 2.64. The second kappa shape index (κ2) is 8.16. The van der Waals surface area contributed by atoms with Crippen LogP contribution < -0.4 is 11.1 Å². The Balaban J connectivity index is 1.59. The molecule has 0 spiro atoms. The molecular weight excluding hydrogens is 392 g/mol. The normalized spacial score (nSPS) is 13.5. The van der Waals surface area contributed by atoms with E-state index in [1.54, 1.807) is 23.0 Å². The van der Waals surface area contributed by atoms with E-state index < -0.39 is 5.91 Å². The smallest absolute Gasteiger partial charge is 0.253 e. The summed E-state index contributed by atoms with van der Waals surface area (Å²) in [6.07, 6.45) is 3.08. The number of nitrogens with one attached hydrogen (secondary N) is 1. The molecule has 2 aromatic carbocycles. The van der Waals surface area contributed by atoms with E-state index in [1.807, 2.05) is 24.3 Å². The molecule has 4 aromatic rings. The molecule has 0 atom stereocenters. The maximum atomic E-state index is 11.8. The van der Waals surface area contributed by atoms with Crippen LogP contribution in [-0.2, 0) is 24.1 Å². The minimum atomic E-state index is -0.490. The van der Waals surface area contributed by atoms with Crippen molar-refractivity contribution in [3.05, 3.63) is 77.1 Å². The molecule has 31 heavy (non-hydrogen) atoms. The molecule has 1 amide bonds. The molecule has 0 bridgehead atoms. The average molecular weight is 414 g/mol. The summed E-state index contributed by atoms with van der Waals surface area (Å²) >= 11 is 0. The van der Waals surface area contributed by atoms with Gasteiger partial charge < -0.3 is 15.8 Å². The maximum Gasteiger partial charge on any atom is 0.253 e. The van der Waals surface area contributed by atoms with Gasteiger partial charge in [0.2, 0.25) is 5.91 Å². The first-order valence-electron chi connectivity index (χ1n) is 10.2. The fraction of sp³-hybridized carbons (Fsp3) is 0.217. The first-order valence-corrected chi connectivity index (χ1v) is 10.2. The highest BCUT2D eigenvalue weighted by Crippen LogP contribution is 2.25. The zero-order valence-electron chi connectivity index (χ0n) is 16.9. The molecule has 5 rings (SSSR count). The number of carbonyl (C=O) groups is 1. The molecule has 0 saturated carbocycles. The Bertz CT molecular complexity index is 1250. The molecule has 3 heterocycles. The molecule has 156 valence electrons. The van der Waals surface area contributed by atoms with Crippen LogP contribution in [0.15, 0.2) is 54.7 Å². The van der Waals surface area contributed by atoms with Crippen LogP contribution in [0.2, 0.25) is 0 Å². The molecule has 0 aliphatic carbocycles. The summed E-state index contributed by atoms with van der Waals surface area (Å²) in [6.45, 7) is 1.91. The first kappa shape index (κ1) is 19.2. The van der Waals surface area contributed by atoms with Crippen molar-refractivity contribution >= 4 is 22.6 Å². The van der Waals surface area contributed by atoms with E-state index in [0.717, 1.165) is 34.6 Å². The standard InChI is InChI=1S/C23H22N6O2/c24-21(30)16-7-4-8-20-18(16)14-26-29(20)23-27-19-10-12-31-11-9-17(19)22(28-23)25-13-15-5-2-1-3-6-15/h1-8,14H,9-13H2,(H2,24,30)(H,25,27,28). The van der Waals surface area contributed by atoms with Crippen molar-refractivity contribution in [2.75, 3.05) is 18.5 Å². The third kappa shape index (κ3) is 3.73. The van der Waals surface area contributed by atoms with Crippen LogP contribution in [0, 0.1) is 0 Å². The summed E-state index contributed by atoms with van der Waals surface area (Å²) in [5.74, 6) is 0.743. The van der Waals surface area contributed by atoms with E-state index in [4.69, 9.17) is 20.4 Å². The van der Waals surface area contributed by atoms with Crippen LogP contribution in [0.5, 0.6) is 0 Å². The summed E-state index contributed by atoms with van der Waals surface area (Å²) in [4.78, 5) is 21.4. The molecule has 3 N–H and O–H groups in total. The molecule has 0 saturated heterocycles. The molecule has 2 aromatic heterocycles. The highest BCUT2D eigenvalue weighted by atomic mass is 16.5. The van der Waals surface area contributed by atoms with E-state index in [-0.39, 0.29) is 0 Å². The van der Waals surface area contributed by atoms with Gasteiger partial charge in [-0.3, -0.25) is 4.79 Å². The van der Waals surface area contributed by atoms with Gasteiger partial charge in [0.15, 0.2) is 0 Å². The zero-order valence-corrected chi connectivity index (χ0v) is 16.9.